The lowest BCUT2D eigenvalue weighted by molar-refractivity contribution is -0.147. The Morgan fingerprint density at radius 2 is 2.00 bits per heavy atom. The van der Waals surface area contributed by atoms with E-state index in [4.69, 9.17) is 14.2 Å². The Bertz CT molecular complexity index is 993. The molecule has 0 atom stereocenters. The topological polar surface area (TPSA) is 79.1 Å². The Hall–Kier alpha value is -3.35. The molecule has 0 saturated carbocycles. The molecule has 0 aliphatic rings. The van der Waals surface area contributed by atoms with Crippen molar-refractivity contribution < 1.29 is 23.8 Å². The van der Waals surface area contributed by atoms with Crippen molar-refractivity contribution in [3.63, 3.8) is 0 Å². The number of nitrogens with zero attached hydrogens (tertiary/aromatic N) is 2. The molecule has 0 bridgehead atoms. The number of hydrogen-bond acceptors (Lipinski definition) is 6. The molecule has 7 heteroatoms. The summed E-state index contributed by atoms with van der Waals surface area (Å²) in [6, 6.07) is 8.68. The second-order valence-corrected chi connectivity index (χ2v) is 6.03. The van der Waals surface area contributed by atoms with Crippen LogP contribution in [0.5, 0.6) is 11.5 Å². The average Bonchev–Trinajstić information content (AvgIpc) is 3.09. The highest BCUT2D eigenvalue weighted by Gasteiger charge is 2.12. The summed E-state index contributed by atoms with van der Waals surface area (Å²) < 4.78 is 17.8. The maximum Gasteiger partial charge on any atom is 0.344 e. The molecule has 3 rings (SSSR count). The van der Waals surface area contributed by atoms with Crippen LogP contribution in [-0.4, -0.2) is 34.9 Å². The highest BCUT2D eigenvalue weighted by atomic mass is 16.6. The fourth-order valence-corrected chi connectivity index (χ4v) is 2.61. The summed E-state index contributed by atoms with van der Waals surface area (Å²) in [5.74, 6) is 0.137. The third-order valence-corrected chi connectivity index (χ3v) is 4.02. The zero-order chi connectivity index (χ0) is 19.4. The first-order valence-electron chi connectivity index (χ1n) is 8.38. The maximum absolute atomic E-state index is 12.0. The SMILES string of the molecule is COc1cc(C(C)=O)ccc1OCC(=O)OCc1cn2cccc(C)c2n1. The van der Waals surface area contributed by atoms with Crippen molar-refractivity contribution in [2.24, 2.45) is 0 Å². The van der Waals surface area contributed by atoms with Gasteiger partial charge in [0.1, 0.15) is 12.3 Å². The Kier molecular flexibility index (Phi) is 5.40. The molecule has 1 aromatic carbocycles. The quantitative estimate of drug-likeness (QED) is 0.471. The monoisotopic (exact) mass is 368 g/mol. The number of Topliss-reactive ketones (excluding diaryl/α,β-unsaturated/α-hetero) is 1. The minimum absolute atomic E-state index is 0.0592. The normalized spacial score (nSPS) is 10.6. The summed E-state index contributed by atoms with van der Waals surface area (Å²) in [5.41, 5.74) is 3.03. The summed E-state index contributed by atoms with van der Waals surface area (Å²) in [7, 11) is 1.47. The van der Waals surface area contributed by atoms with Crippen molar-refractivity contribution in [2.75, 3.05) is 13.7 Å². The fourth-order valence-electron chi connectivity index (χ4n) is 2.61. The zero-order valence-corrected chi connectivity index (χ0v) is 15.4. The smallest absolute Gasteiger partial charge is 0.344 e. The predicted molar refractivity (Wildman–Crippen MR) is 98.2 cm³/mol. The molecule has 2 aromatic heterocycles. The summed E-state index contributed by atoms with van der Waals surface area (Å²) in [5, 5.41) is 0. The lowest BCUT2D eigenvalue weighted by atomic mass is 10.1. The van der Waals surface area contributed by atoms with E-state index in [9.17, 15) is 9.59 Å². The van der Waals surface area contributed by atoms with E-state index in [-0.39, 0.29) is 19.0 Å². The number of aryl methyl sites for hydroxylation is 1. The number of carbonyl (C=O) groups is 2. The molecular formula is C20H20N2O5. The van der Waals surface area contributed by atoms with Gasteiger partial charge in [-0.15, -0.1) is 0 Å². The Balaban J connectivity index is 1.58. The minimum atomic E-state index is -0.526. The minimum Gasteiger partial charge on any atom is -0.493 e. The van der Waals surface area contributed by atoms with E-state index < -0.39 is 5.97 Å². The standard InChI is InChI=1S/C20H20N2O5/c1-13-5-4-8-22-10-16(21-20(13)22)11-27-19(24)12-26-17-7-6-15(14(2)23)9-18(17)25-3/h4-10H,11-12H2,1-3H3. The van der Waals surface area contributed by atoms with Crippen LogP contribution in [0.3, 0.4) is 0 Å². The maximum atomic E-state index is 12.0. The van der Waals surface area contributed by atoms with E-state index >= 15 is 0 Å². The highest BCUT2D eigenvalue weighted by Crippen LogP contribution is 2.28. The van der Waals surface area contributed by atoms with E-state index in [0.29, 0.717) is 22.8 Å². The Morgan fingerprint density at radius 3 is 2.70 bits per heavy atom. The summed E-state index contributed by atoms with van der Waals surface area (Å²) in [6.45, 7) is 3.22. The number of imidazole rings is 1. The fraction of sp³-hybridized carbons (Fsp3) is 0.250. The predicted octanol–water partition coefficient (Wildman–Crippen LogP) is 2.98. The molecule has 0 fully saturated rings. The number of esters is 1. The van der Waals surface area contributed by atoms with Crippen LogP contribution < -0.4 is 9.47 Å². The van der Waals surface area contributed by atoms with Gasteiger partial charge in [0.05, 0.1) is 12.8 Å². The Morgan fingerprint density at radius 1 is 1.19 bits per heavy atom. The van der Waals surface area contributed by atoms with E-state index in [0.717, 1.165) is 11.2 Å². The molecule has 0 aliphatic carbocycles. The first-order chi connectivity index (χ1) is 13.0. The first-order valence-corrected chi connectivity index (χ1v) is 8.38. The third kappa shape index (κ3) is 4.25. The molecule has 0 saturated heterocycles. The molecular weight excluding hydrogens is 348 g/mol. The molecule has 7 nitrogen and oxygen atoms in total. The first kappa shape index (κ1) is 18.4. The molecule has 0 aliphatic heterocycles. The van der Waals surface area contributed by atoms with Gasteiger partial charge in [-0.3, -0.25) is 4.79 Å². The largest absolute Gasteiger partial charge is 0.493 e. The van der Waals surface area contributed by atoms with Gasteiger partial charge in [0.25, 0.3) is 0 Å². The van der Waals surface area contributed by atoms with Gasteiger partial charge in [0.15, 0.2) is 23.9 Å². The van der Waals surface area contributed by atoms with Gasteiger partial charge < -0.3 is 18.6 Å². The number of methoxy groups -OCH3 is 1. The molecule has 140 valence electrons. The van der Waals surface area contributed by atoms with Crippen molar-refractivity contribution >= 4 is 17.4 Å². The number of aromatic nitrogens is 2. The third-order valence-electron chi connectivity index (χ3n) is 4.02. The highest BCUT2D eigenvalue weighted by molar-refractivity contribution is 5.94. The number of pyridine rings is 1. The Labute approximate surface area is 156 Å². The summed E-state index contributed by atoms with van der Waals surface area (Å²) in [4.78, 5) is 27.8. The summed E-state index contributed by atoms with van der Waals surface area (Å²) >= 11 is 0. The van der Waals surface area contributed by atoms with Crippen LogP contribution in [0.25, 0.3) is 5.65 Å². The van der Waals surface area contributed by atoms with Gasteiger partial charge in [0.2, 0.25) is 0 Å². The van der Waals surface area contributed by atoms with E-state index in [1.54, 1.807) is 18.2 Å². The lowest BCUT2D eigenvalue weighted by Crippen LogP contribution is -2.15. The number of ketones is 1. The van der Waals surface area contributed by atoms with Gasteiger partial charge >= 0.3 is 5.97 Å². The lowest BCUT2D eigenvalue weighted by Gasteiger charge is -2.11. The van der Waals surface area contributed by atoms with E-state index in [2.05, 4.69) is 4.98 Å². The van der Waals surface area contributed by atoms with Crippen LogP contribution >= 0.6 is 0 Å². The second kappa shape index (κ2) is 7.90. The number of rotatable bonds is 7. The van der Waals surface area contributed by atoms with E-state index in [1.165, 1.54) is 14.0 Å². The van der Waals surface area contributed by atoms with Crippen LogP contribution in [-0.2, 0) is 16.1 Å². The van der Waals surface area contributed by atoms with Gasteiger partial charge in [0, 0.05) is 18.0 Å². The van der Waals surface area contributed by atoms with Crippen LogP contribution in [0.15, 0.2) is 42.7 Å². The number of hydrogen-bond donors (Lipinski definition) is 0. The number of carbonyl (C=O) groups excluding carboxylic acids is 2. The molecule has 3 aromatic rings. The molecule has 2 heterocycles. The van der Waals surface area contributed by atoms with Crippen molar-refractivity contribution in [3.05, 3.63) is 59.5 Å². The number of fused-ring (bicyclic) bond motifs is 1. The van der Waals surface area contributed by atoms with Crippen LogP contribution in [0.2, 0.25) is 0 Å². The van der Waals surface area contributed by atoms with Gasteiger partial charge in [-0.1, -0.05) is 6.07 Å². The molecule has 0 unspecified atom stereocenters. The van der Waals surface area contributed by atoms with Crippen molar-refractivity contribution in [2.45, 2.75) is 20.5 Å². The van der Waals surface area contributed by atoms with Gasteiger partial charge in [-0.05, 0) is 43.7 Å². The zero-order valence-electron chi connectivity index (χ0n) is 15.4. The number of benzene rings is 1. The second-order valence-electron chi connectivity index (χ2n) is 6.03. The van der Waals surface area contributed by atoms with E-state index in [1.807, 2.05) is 35.9 Å². The average molecular weight is 368 g/mol. The number of ether oxygens (including phenoxy) is 3. The van der Waals surface area contributed by atoms with Gasteiger partial charge in [-0.2, -0.15) is 0 Å². The molecule has 0 spiro atoms. The molecule has 0 radical (unpaired) electrons. The van der Waals surface area contributed by atoms with Crippen molar-refractivity contribution in [1.82, 2.24) is 9.38 Å². The van der Waals surface area contributed by atoms with Crippen LogP contribution in [0.1, 0.15) is 28.5 Å². The molecule has 0 amide bonds. The van der Waals surface area contributed by atoms with Crippen LogP contribution in [0.4, 0.5) is 0 Å². The summed E-state index contributed by atoms with van der Waals surface area (Å²) in [6.07, 6.45) is 3.71. The van der Waals surface area contributed by atoms with Crippen LogP contribution in [0, 0.1) is 6.92 Å². The molecule has 27 heavy (non-hydrogen) atoms. The molecule has 0 N–H and O–H groups in total. The van der Waals surface area contributed by atoms with Crippen molar-refractivity contribution in [3.8, 4) is 11.5 Å². The van der Waals surface area contributed by atoms with Crippen molar-refractivity contribution in [1.29, 1.82) is 0 Å². The van der Waals surface area contributed by atoms with Gasteiger partial charge in [-0.25, -0.2) is 9.78 Å².